The molecule has 0 radical (unpaired) electrons. The van der Waals surface area contributed by atoms with Crippen LogP contribution in [-0.4, -0.2) is 89.8 Å². The van der Waals surface area contributed by atoms with Crippen LogP contribution in [0.2, 0.25) is 0 Å². The van der Waals surface area contributed by atoms with Gasteiger partial charge in [0.15, 0.2) is 11.5 Å². The van der Waals surface area contributed by atoms with E-state index in [0.29, 0.717) is 64.3 Å². The second-order valence-electron chi connectivity index (χ2n) is 16.4. The van der Waals surface area contributed by atoms with Crippen molar-refractivity contribution in [3.05, 3.63) is 34.9 Å². The number of nitrogens with one attached hydrogen (secondary N) is 1. The molecule has 6 aliphatic rings. The molecule has 5 aliphatic carbocycles. The Balaban J connectivity index is 1.35. The summed E-state index contributed by atoms with van der Waals surface area (Å²) in [6, 6.07) is 2.64. The SMILES string of the molecule is COc1cc(CO)cc2c1O[C@@H]1[C@@H](O)[C@H](N(C[C@@H]3CC[C@H]4C[C@@H]3C4(C)C)C(=O)CO[C@H]3C[C@@H](C)CC[C@@H]3C(C)C)C=C(C(=O)NCCO)[C@H]21. The standard InChI is InChI=1S/C39H58N2O8/c1-21(2)26-10-7-22(3)13-31(26)48-20-33(44)41(18-24-8-9-25-16-29(24)39(25,4)5)30-17-28(38(46)40-11-12-42)34-27-14-23(19-43)15-32(47-6)36(27)49-37(34)35(30)45/h14-15,17,21-22,24-26,29-31,34-35,37,42-43,45H,7-13,16,18-20H2,1-6H3,(H,40,46)/t22-,24-,25-,26+,29-,30+,31-,34-,35-,37-/m0/s1. The van der Waals surface area contributed by atoms with Crippen LogP contribution in [-0.2, 0) is 20.9 Å². The Morgan fingerprint density at radius 2 is 1.90 bits per heavy atom. The Morgan fingerprint density at radius 3 is 2.55 bits per heavy atom. The summed E-state index contributed by atoms with van der Waals surface area (Å²) in [7, 11) is 1.51. The lowest BCUT2D eigenvalue weighted by atomic mass is 9.45. The highest BCUT2D eigenvalue weighted by molar-refractivity contribution is 5.96. The van der Waals surface area contributed by atoms with E-state index in [4.69, 9.17) is 14.2 Å². The molecule has 10 atom stereocenters. The highest BCUT2D eigenvalue weighted by Crippen LogP contribution is 2.61. The maximum atomic E-state index is 14.5. The first-order valence-corrected chi connectivity index (χ1v) is 18.6. The molecule has 2 bridgehead atoms. The van der Waals surface area contributed by atoms with Gasteiger partial charge in [0.2, 0.25) is 11.8 Å². The first-order valence-electron chi connectivity index (χ1n) is 18.6. The molecule has 2 amide bonds. The second kappa shape index (κ2) is 14.5. The molecule has 1 heterocycles. The van der Waals surface area contributed by atoms with Gasteiger partial charge in [-0.3, -0.25) is 9.59 Å². The highest BCUT2D eigenvalue weighted by atomic mass is 16.5. The van der Waals surface area contributed by atoms with Gasteiger partial charge in [-0.25, -0.2) is 0 Å². The third kappa shape index (κ3) is 6.75. The Morgan fingerprint density at radius 1 is 1.12 bits per heavy atom. The van der Waals surface area contributed by atoms with Gasteiger partial charge in [-0.2, -0.15) is 0 Å². The lowest BCUT2D eigenvalue weighted by Crippen LogP contribution is -2.60. The number of aliphatic hydroxyl groups is 3. The lowest BCUT2D eigenvalue weighted by Gasteiger charge is -2.61. The number of aliphatic hydroxyl groups excluding tert-OH is 3. The first kappa shape index (κ1) is 36.1. The molecule has 4 saturated carbocycles. The van der Waals surface area contributed by atoms with Crippen molar-refractivity contribution < 1.29 is 39.1 Å². The molecular weight excluding hydrogens is 624 g/mol. The molecule has 7 rings (SSSR count). The number of fused-ring (bicyclic) bond motifs is 5. The summed E-state index contributed by atoms with van der Waals surface area (Å²) in [5.41, 5.74) is 1.79. The molecular formula is C39H58N2O8. The zero-order valence-corrected chi connectivity index (χ0v) is 30.2. The van der Waals surface area contributed by atoms with Crippen LogP contribution >= 0.6 is 0 Å². The number of amides is 2. The number of nitrogens with zero attached hydrogens (tertiary/aromatic N) is 1. The van der Waals surface area contributed by atoms with Crippen LogP contribution in [0, 0.1) is 40.9 Å². The molecule has 0 spiro atoms. The number of hydrogen-bond acceptors (Lipinski definition) is 8. The van der Waals surface area contributed by atoms with Crippen molar-refractivity contribution >= 4 is 11.8 Å². The summed E-state index contributed by atoms with van der Waals surface area (Å²) in [5.74, 6) is 2.38. The number of ether oxygens (including phenoxy) is 3. The minimum Gasteiger partial charge on any atom is -0.493 e. The van der Waals surface area contributed by atoms with Crippen molar-refractivity contribution in [1.82, 2.24) is 10.2 Å². The topological polar surface area (TPSA) is 138 Å². The molecule has 0 unspecified atom stereocenters. The van der Waals surface area contributed by atoms with Gasteiger partial charge in [-0.05, 0) is 96.8 Å². The van der Waals surface area contributed by atoms with Crippen molar-refractivity contribution in [2.75, 3.05) is 33.4 Å². The molecule has 4 N–H and O–H groups in total. The molecule has 49 heavy (non-hydrogen) atoms. The van der Waals surface area contributed by atoms with Crippen LogP contribution in [0.25, 0.3) is 0 Å². The van der Waals surface area contributed by atoms with Crippen molar-refractivity contribution in [3.63, 3.8) is 0 Å². The van der Waals surface area contributed by atoms with Gasteiger partial charge in [-0.1, -0.05) is 41.0 Å². The minimum atomic E-state index is -1.15. The van der Waals surface area contributed by atoms with E-state index in [1.807, 2.05) is 0 Å². The molecule has 1 aromatic carbocycles. The fourth-order valence-electron chi connectivity index (χ4n) is 10.0. The van der Waals surface area contributed by atoms with Crippen LogP contribution in [0.1, 0.15) is 90.2 Å². The highest BCUT2D eigenvalue weighted by Gasteiger charge is 2.56. The summed E-state index contributed by atoms with van der Waals surface area (Å²) in [4.78, 5) is 30.1. The quantitative estimate of drug-likeness (QED) is 0.258. The monoisotopic (exact) mass is 682 g/mol. The lowest BCUT2D eigenvalue weighted by molar-refractivity contribution is -0.154. The van der Waals surface area contributed by atoms with E-state index in [0.717, 1.165) is 32.1 Å². The van der Waals surface area contributed by atoms with Crippen molar-refractivity contribution in [2.24, 2.45) is 40.9 Å². The molecule has 10 heteroatoms. The Hall–Kier alpha value is -2.66. The van der Waals surface area contributed by atoms with Gasteiger partial charge in [0.05, 0.1) is 38.4 Å². The normalized spacial score (nSPS) is 34.2. The molecule has 0 saturated heterocycles. The van der Waals surface area contributed by atoms with Crippen molar-refractivity contribution in [3.8, 4) is 11.5 Å². The predicted molar refractivity (Wildman–Crippen MR) is 185 cm³/mol. The van der Waals surface area contributed by atoms with E-state index in [1.54, 1.807) is 23.1 Å². The Bertz CT molecular complexity index is 1410. The predicted octanol–water partition coefficient (Wildman–Crippen LogP) is 4.19. The third-order valence-electron chi connectivity index (χ3n) is 13.0. The van der Waals surface area contributed by atoms with Crippen molar-refractivity contribution in [1.29, 1.82) is 0 Å². The van der Waals surface area contributed by atoms with E-state index in [-0.39, 0.29) is 49.7 Å². The largest absolute Gasteiger partial charge is 0.493 e. The van der Waals surface area contributed by atoms with Gasteiger partial charge in [-0.15, -0.1) is 0 Å². The third-order valence-corrected chi connectivity index (χ3v) is 13.0. The van der Waals surface area contributed by atoms with E-state index in [1.165, 1.54) is 13.5 Å². The molecule has 272 valence electrons. The van der Waals surface area contributed by atoms with Crippen LogP contribution in [0.3, 0.4) is 0 Å². The van der Waals surface area contributed by atoms with Crippen LogP contribution < -0.4 is 14.8 Å². The van der Waals surface area contributed by atoms with E-state index in [9.17, 15) is 24.9 Å². The van der Waals surface area contributed by atoms with Gasteiger partial charge in [0.1, 0.15) is 18.8 Å². The summed E-state index contributed by atoms with van der Waals surface area (Å²) in [6.45, 7) is 11.3. The fourth-order valence-corrected chi connectivity index (χ4v) is 10.0. The molecule has 1 aromatic rings. The smallest absolute Gasteiger partial charge is 0.249 e. The number of benzene rings is 1. The Labute approximate surface area is 291 Å². The second-order valence-corrected chi connectivity index (χ2v) is 16.4. The summed E-state index contributed by atoms with van der Waals surface area (Å²) in [6.07, 6.45) is 6.17. The average molecular weight is 683 g/mol. The molecule has 1 aliphatic heterocycles. The van der Waals surface area contributed by atoms with E-state index >= 15 is 0 Å². The van der Waals surface area contributed by atoms with Crippen LogP contribution in [0.15, 0.2) is 23.8 Å². The van der Waals surface area contributed by atoms with E-state index < -0.39 is 30.1 Å². The number of carbonyl (C=O) groups excluding carboxylic acids is 2. The van der Waals surface area contributed by atoms with Gasteiger partial charge >= 0.3 is 0 Å². The van der Waals surface area contributed by atoms with Crippen molar-refractivity contribution in [2.45, 2.75) is 110 Å². The van der Waals surface area contributed by atoms with E-state index in [2.05, 4.69) is 39.9 Å². The summed E-state index contributed by atoms with van der Waals surface area (Å²) >= 11 is 0. The van der Waals surface area contributed by atoms with Crippen LogP contribution in [0.4, 0.5) is 0 Å². The molecule has 0 aromatic heterocycles. The minimum absolute atomic E-state index is 0.00701. The molecule has 4 fully saturated rings. The van der Waals surface area contributed by atoms with Gasteiger partial charge in [0, 0.05) is 24.2 Å². The number of methoxy groups -OCH3 is 1. The molecule has 10 nitrogen and oxygen atoms in total. The maximum absolute atomic E-state index is 14.5. The summed E-state index contributed by atoms with van der Waals surface area (Å²) < 4.78 is 18.6. The zero-order valence-electron chi connectivity index (χ0n) is 30.2. The average Bonchev–Trinajstić information content (AvgIpc) is 3.48. The first-order chi connectivity index (χ1) is 23.4. The zero-order chi connectivity index (χ0) is 35.2. The Kier molecular flexibility index (Phi) is 10.7. The number of rotatable bonds is 12. The fraction of sp³-hybridized carbons (Fsp3) is 0.744. The van der Waals surface area contributed by atoms with Gasteiger partial charge in [0.25, 0.3) is 0 Å². The van der Waals surface area contributed by atoms with Gasteiger partial charge < -0.3 is 39.7 Å². The van der Waals surface area contributed by atoms with Crippen LogP contribution in [0.5, 0.6) is 11.5 Å². The summed E-state index contributed by atoms with van der Waals surface area (Å²) in [5, 5.41) is 34.5. The number of carbonyl (C=O) groups is 2. The maximum Gasteiger partial charge on any atom is 0.249 e. The number of hydrogen-bond donors (Lipinski definition) is 4.